The van der Waals surface area contributed by atoms with E-state index in [2.05, 4.69) is 28.7 Å². The maximum Gasteiger partial charge on any atom is 0.225 e. The predicted octanol–water partition coefficient (Wildman–Crippen LogP) is 0.959. The molecule has 0 bridgehead atoms. The summed E-state index contributed by atoms with van der Waals surface area (Å²) >= 11 is 0. The van der Waals surface area contributed by atoms with Gasteiger partial charge in [-0.3, -0.25) is 0 Å². The molecule has 2 rings (SSSR count). The standard InChI is InChI=1S/C11H18N4/c1-8(2)11(12)6-15(7-11)10-13-5-4-9(3)14-10/h4-5,8H,6-7,12H2,1-3H3. The van der Waals surface area contributed by atoms with Gasteiger partial charge >= 0.3 is 0 Å². The van der Waals surface area contributed by atoms with Crippen molar-refractivity contribution >= 4 is 5.95 Å². The number of aryl methyl sites for hydroxylation is 1. The third-order valence-corrected chi connectivity index (χ3v) is 3.19. The SMILES string of the molecule is Cc1ccnc(N2CC(N)(C(C)C)C2)n1. The summed E-state index contributed by atoms with van der Waals surface area (Å²) in [4.78, 5) is 10.8. The van der Waals surface area contributed by atoms with Crippen LogP contribution in [0.15, 0.2) is 12.3 Å². The van der Waals surface area contributed by atoms with Crippen LogP contribution in [0.1, 0.15) is 19.5 Å². The van der Waals surface area contributed by atoms with Crippen LogP contribution < -0.4 is 10.6 Å². The Labute approximate surface area is 90.5 Å². The molecule has 1 aliphatic rings. The van der Waals surface area contributed by atoms with Gasteiger partial charge in [0.2, 0.25) is 5.95 Å². The Morgan fingerprint density at radius 3 is 2.67 bits per heavy atom. The van der Waals surface area contributed by atoms with E-state index in [1.54, 1.807) is 6.20 Å². The molecule has 0 amide bonds. The zero-order chi connectivity index (χ0) is 11.1. The molecule has 1 aliphatic heterocycles. The Morgan fingerprint density at radius 2 is 2.13 bits per heavy atom. The fourth-order valence-electron chi connectivity index (χ4n) is 1.76. The topological polar surface area (TPSA) is 55.0 Å². The first-order valence-corrected chi connectivity index (χ1v) is 5.35. The quantitative estimate of drug-likeness (QED) is 0.783. The zero-order valence-electron chi connectivity index (χ0n) is 9.57. The van der Waals surface area contributed by atoms with Crippen LogP contribution in [0.5, 0.6) is 0 Å². The van der Waals surface area contributed by atoms with Crippen LogP contribution in [-0.4, -0.2) is 28.6 Å². The van der Waals surface area contributed by atoms with Crippen molar-refractivity contribution in [2.75, 3.05) is 18.0 Å². The Balaban J connectivity index is 2.06. The number of rotatable bonds is 2. The second-order valence-electron chi connectivity index (χ2n) is 4.74. The molecule has 0 spiro atoms. The molecular weight excluding hydrogens is 188 g/mol. The van der Waals surface area contributed by atoms with E-state index >= 15 is 0 Å². The Bertz CT molecular complexity index is 355. The van der Waals surface area contributed by atoms with Gasteiger partial charge in [0.05, 0.1) is 5.54 Å². The summed E-state index contributed by atoms with van der Waals surface area (Å²) in [5.41, 5.74) is 7.15. The summed E-state index contributed by atoms with van der Waals surface area (Å²) < 4.78 is 0. The highest BCUT2D eigenvalue weighted by molar-refractivity contribution is 5.38. The van der Waals surface area contributed by atoms with E-state index in [1.165, 1.54) is 0 Å². The lowest BCUT2D eigenvalue weighted by atomic mass is 9.80. The van der Waals surface area contributed by atoms with Crippen LogP contribution >= 0.6 is 0 Å². The van der Waals surface area contributed by atoms with Crippen LogP contribution in [0.4, 0.5) is 5.95 Å². The fraction of sp³-hybridized carbons (Fsp3) is 0.636. The highest BCUT2D eigenvalue weighted by Crippen LogP contribution is 2.28. The molecule has 1 aromatic heterocycles. The van der Waals surface area contributed by atoms with Gasteiger partial charge < -0.3 is 10.6 Å². The van der Waals surface area contributed by atoms with Crippen molar-refractivity contribution in [3.63, 3.8) is 0 Å². The van der Waals surface area contributed by atoms with E-state index in [4.69, 9.17) is 5.73 Å². The van der Waals surface area contributed by atoms with Crippen LogP contribution in [0.2, 0.25) is 0 Å². The molecule has 2 heterocycles. The van der Waals surface area contributed by atoms with Gasteiger partial charge in [-0.25, -0.2) is 9.97 Å². The molecule has 2 N–H and O–H groups in total. The molecule has 4 nitrogen and oxygen atoms in total. The maximum absolute atomic E-state index is 6.21. The van der Waals surface area contributed by atoms with Gasteiger partial charge in [0.1, 0.15) is 0 Å². The zero-order valence-corrected chi connectivity index (χ0v) is 9.57. The van der Waals surface area contributed by atoms with E-state index < -0.39 is 0 Å². The average molecular weight is 206 g/mol. The Morgan fingerprint density at radius 1 is 1.47 bits per heavy atom. The highest BCUT2D eigenvalue weighted by atomic mass is 15.3. The molecule has 0 saturated carbocycles. The molecule has 1 aromatic rings. The minimum absolute atomic E-state index is 0.0624. The van der Waals surface area contributed by atoms with Crippen molar-refractivity contribution in [2.45, 2.75) is 26.3 Å². The van der Waals surface area contributed by atoms with Crippen molar-refractivity contribution in [2.24, 2.45) is 11.7 Å². The number of hydrogen-bond donors (Lipinski definition) is 1. The molecule has 0 aromatic carbocycles. The minimum Gasteiger partial charge on any atom is -0.337 e. The second kappa shape index (κ2) is 3.45. The van der Waals surface area contributed by atoms with E-state index in [9.17, 15) is 0 Å². The highest BCUT2D eigenvalue weighted by Gasteiger charge is 2.42. The third-order valence-electron chi connectivity index (χ3n) is 3.19. The molecule has 0 unspecified atom stereocenters. The van der Waals surface area contributed by atoms with Gasteiger partial charge in [0.15, 0.2) is 0 Å². The van der Waals surface area contributed by atoms with E-state index in [0.717, 1.165) is 24.7 Å². The minimum atomic E-state index is -0.0624. The number of hydrogen-bond acceptors (Lipinski definition) is 4. The lowest BCUT2D eigenvalue weighted by molar-refractivity contribution is 0.242. The first-order valence-electron chi connectivity index (χ1n) is 5.35. The molecular formula is C11H18N4. The molecule has 0 atom stereocenters. The molecule has 15 heavy (non-hydrogen) atoms. The van der Waals surface area contributed by atoms with E-state index in [0.29, 0.717) is 5.92 Å². The van der Waals surface area contributed by atoms with Crippen molar-refractivity contribution in [3.05, 3.63) is 18.0 Å². The first-order chi connectivity index (χ1) is 7.01. The lowest BCUT2D eigenvalue weighted by Crippen LogP contribution is -2.70. The van der Waals surface area contributed by atoms with Gasteiger partial charge in [-0.2, -0.15) is 0 Å². The van der Waals surface area contributed by atoms with Gasteiger partial charge in [-0.15, -0.1) is 0 Å². The van der Waals surface area contributed by atoms with Crippen LogP contribution in [0, 0.1) is 12.8 Å². The Hall–Kier alpha value is -1.16. The van der Waals surface area contributed by atoms with E-state index in [1.807, 2.05) is 13.0 Å². The van der Waals surface area contributed by atoms with Gasteiger partial charge in [0.25, 0.3) is 0 Å². The predicted molar refractivity (Wildman–Crippen MR) is 60.7 cm³/mol. The smallest absolute Gasteiger partial charge is 0.225 e. The third kappa shape index (κ3) is 1.81. The lowest BCUT2D eigenvalue weighted by Gasteiger charge is -2.50. The molecule has 4 heteroatoms. The maximum atomic E-state index is 6.21. The van der Waals surface area contributed by atoms with Gasteiger partial charge in [0, 0.05) is 25.0 Å². The summed E-state index contributed by atoms with van der Waals surface area (Å²) in [7, 11) is 0. The molecule has 1 fully saturated rings. The second-order valence-corrected chi connectivity index (χ2v) is 4.74. The number of anilines is 1. The summed E-state index contributed by atoms with van der Waals surface area (Å²) in [6, 6.07) is 1.90. The van der Waals surface area contributed by atoms with Crippen LogP contribution in [0.25, 0.3) is 0 Å². The van der Waals surface area contributed by atoms with Crippen LogP contribution in [0.3, 0.4) is 0 Å². The number of aromatic nitrogens is 2. The molecule has 82 valence electrons. The summed E-state index contributed by atoms with van der Waals surface area (Å²) in [5.74, 6) is 1.30. The molecule has 1 saturated heterocycles. The van der Waals surface area contributed by atoms with Gasteiger partial charge in [-0.05, 0) is 18.9 Å². The van der Waals surface area contributed by atoms with Crippen molar-refractivity contribution in [3.8, 4) is 0 Å². The summed E-state index contributed by atoms with van der Waals surface area (Å²) in [5, 5.41) is 0. The normalized spacial score (nSPS) is 19.1. The van der Waals surface area contributed by atoms with Gasteiger partial charge in [-0.1, -0.05) is 13.8 Å². The van der Waals surface area contributed by atoms with Crippen molar-refractivity contribution < 1.29 is 0 Å². The molecule has 0 radical (unpaired) electrons. The van der Waals surface area contributed by atoms with Crippen LogP contribution in [-0.2, 0) is 0 Å². The van der Waals surface area contributed by atoms with Crippen molar-refractivity contribution in [1.82, 2.24) is 9.97 Å². The fourth-order valence-corrected chi connectivity index (χ4v) is 1.76. The monoisotopic (exact) mass is 206 g/mol. The molecule has 0 aliphatic carbocycles. The largest absolute Gasteiger partial charge is 0.337 e. The summed E-state index contributed by atoms with van der Waals surface area (Å²) in [6.45, 7) is 8.01. The summed E-state index contributed by atoms with van der Waals surface area (Å²) in [6.07, 6.45) is 1.80. The Kier molecular flexibility index (Phi) is 2.38. The average Bonchev–Trinajstić information content (AvgIpc) is 2.12. The van der Waals surface area contributed by atoms with E-state index in [-0.39, 0.29) is 5.54 Å². The first kappa shape index (κ1) is 10.4. The number of nitrogens with zero attached hydrogens (tertiary/aromatic N) is 3. The number of nitrogens with two attached hydrogens (primary N) is 1. The van der Waals surface area contributed by atoms with Crippen molar-refractivity contribution in [1.29, 1.82) is 0 Å².